The fourth-order valence-corrected chi connectivity index (χ4v) is 8.48. The maximum absolute atomic E-state index is 14.0. The predicted octanol–water partition coefficient (Wildman–Crippen LogP) is 3.01. The maximum Gasteiger partial charge on any atom is 0.465 e. The van der Waals surface area contributed by atoms with Crippen LogP contribution in [-0.4, -0.2) is 77.9 Å². The number of halogens is 2. The van der Waals surface area contributed by atoms with Crippen molar-refractivity contribution in [2.45, 2.75) is 108 Å². The van der Waals surface area contributed by atoms with Gasteiger partial charge in [-0.05, 0) is 94.8 Å². The summed E-state index contributed by atoms with van der Waals surface area (Å²) in [5.74, 6) is -3.12. The molecule has 7 atom stereocenters. The second kappa shape index (κ2) is 12.2. The molecule has 0 aromatic heterocycles. The molecular formula is C28H42F2O11S. The molecule has 0 heterocycles. The molecule has 0 spiro atoms. The van der Waals surface area contributed by atoms with Crippen LogP contribution in [0.2, 0.25) is 0 Å². The summed E-state index contributed by atoms with van der Waals surface area (Å²) < 4.78 is 74.4. The summed E-state index contributed by atoms with van der Waals surface area (Å²) in [6, 6.07) is 0. The highest BCUT2D eigenvalue weighted by Gasteiger charge is 2.55. The van der Waals surface area contributed by atoms with Gasteiger partial charge in [0.25, 0.3) is 0 Å². The molecule has 4 rings (SSSR count). The highest BCUT2D eigenvalue weighted by molar-refractivity contribution is 7.87. The first-order chi connectivity index (χ1) is 19.4. The molecule has 4 bridgehead atoms. The standard InChI is InChI=1S/C28H42F2O11S/c1-16-5-17-9-21(32)14-27(10-16,13-17)24(34)40-15-22(41-25(35)28(29,30)42(36,37)38)3-4-39-23(33)26(2)11-18-6-19(12-26)8-20(31)7-18/h16-22,31-32H,3-15H2,1-2H3,(H,36,37,38). The van der Waals surface area contributed by atoms with E-state index in [-0.39, 0.29) is 36.5 Å². The molecule has 240 valence electrons. The molecule has 7 unspecified atom stereocenters. The lowest BCUT2D eigenvalue weighted by Crippen LogP contribution is -2.48. The van der Waals surface area contributed by atoms with Crippen molar-refractivity contribution in [1.29, 1.82) is 0 Å². The normalized spacial score (nSPS) is 37.3. The van der Waals surface area contributed by atoms with Gasteiger partial charge in [0.05, 0.1) is 29.6 Å². The fraction of sp³-hybridized carbons (Fsp3) is 0.893. The first kappa shape index (κ1) is 33.0. The average molecular weight is 625 g/mol. The third-order valence-electron chi connectivity index (χ3n) is 9.58. The Labute approximate surface area is 244 Å². The minimum Gasteiger partial charge on any atom is -0.465 e. The average Bonchev–Trinajstić information content (AvgIpc) is 2.84. The molecule has 0 amide bonds. The van der Waals surface area contributed by atoms with E-state index >= 15 is 0 Å². The van der Waals surface area contributed by atoms with E-state index in [1.807, 2.05) is 6.92 Å². The first-order valence-electron chi connectivity index (χ1n) is 14.7. The van der Waals surface area contributed by atoms with E-state index < -0.39 is 75.6 Å². The number of fused-ring (bicyclic) bond motifs is 4. The molecule has 42 heavy (non-hydrogen) atoms. The molecule has 0 saturated heterocycles. The second-order valence-electron chi connectivity index (χ2n) is 13.6. The van der Waals surface area contributed by atoms with Crippen LogP contribution in [0.1, 0.15) is 84.5 Å². The van der Waals surface area contributed by atoms with Crippen molar-refractivity contribution in [3.05, 3.63) is 0 Å². The van der Waals surface area contributed by atoms with Crippen LogP contribution in [0.4, 0.5) is 8.78 Å². The summed E-state index contributed by atoms with van der Waals surface area (Å²) in [6.45, 7) is 2.64. The van der Waals surface area contributed by atoms with Crippen LogP contribution in [0.15, 0.2) is 0 Å². The fourth-order valence-electron chi connectivity index (χ4n) is 8.22. The summed E-state index contributed by atoms with van der Waals surface area (Å²) in [7, 11) is -6.13. The number of carbonyl (C=O) groups excluding carboxylic acids is 3. The number of ether oxygens (including phenoxy) is 3. The van der Waals surface area contributed by atoms with E-state index in [4.69, 9.17) is 14.0 Å². The molecule has 0 aliphatic heterocycles. The van der Waals surface area contributed by atoms with Crippen LogP contribution in [-0.2, 0) is 38.7 Å². The zero-order valence-corrected chi connectivity index (χ0v) is 24.8. The van der Waals surface area contributed by atoms with Gasteiger partial charge in [-0.1, -0.05) is 6.92 Å². The van der Waals surface area contributed by atoms with Crippen molar-refractivity contribution >= 4 is 28.0 Å². The van der Waals surface area contributed by atoms with Gasteiger partial charge in [0.15, 0.2) is 0 Å². The Balaban J connectivity index is 1.40. The third-order valence-corrected chi connectivity index (χ3v) is 10.4. The summed E-state index contributed by atoms with van der Waals surface area (Å²) in [6.07, 6.45) is 2.60. The zero-order chi connectivity index (χ0) is 31.1. The number of esters is 3. The quantitative estimate of drug-likeness (QED) is 0.185. The number of aliphatic hydroxyl groups is 2. The van der Waals surface area contributed by atoms with E-state index in [1.54, 1.807) is 6.92 Å². The number of rotatable bonds is 10. The van der Waals surface area contributed by atoms with Gasteiger partial charge >= 0.3 is 33.3 Å². The van der Waals surface area contributed by atoms with Crippen LogP contribution in [0, 0.1) is 34.5 Å². The van der Waals surface area contributed by atoms with Crippen LogP contribution < -0.4 is 0 Å². The van der Waals surface area contributed by atoms with Crippen molar-refractivity contribution in [1.82, 2.24) is 0 Å². The van der Waals surface area contributed by atoms with Crippen molar-refractivity contribution in [3.63, 3.8) is 0 Å². The van der Waals surface area contributed by atoms with E-state index in [1.165, 1.54) is 0 Å². The topological polar surface area (TPSA) is 174 Å². The summed E-state index contributed by atoms with van der Waals surface area (Å²) in [5, 5.41) is 15.1. The van der Waals surface area contributed by atoms with Gasteiger partial charge in [-0.2, -0.15) is 17.2 Å². The lowest BCUT2D eigenvalue weighted by atomic mass is 9.58. The van der Waals surface area contributed by atoms with Gasteiger partial charge < -0.3 is 24.4 Å². The number of hydrogen-bond acceptors (Lipinski definition) is 10. The molecule has 4 aliphatic rings. The largest absolute Gasteiger partial charge is 0.465 e. The maximum atomic E-state index is 14.0. The lowest BCUT2D eigenvalue weighted by Gasteiger charge is -2.47. The van der Waals surface area contributed by atoms with Crippen molar-refractivity contribution in [3.8, 4) is 0 Å². The van der Waals surface area contributed by atoms with Crippen molar-refractivity contribution < 1.29 is 60.6 Å². The molecular weight excluding hydrogens is 582 g/mol. The molecule has 0 aromatic carbocycles. The number of aliphatic hydroxyl groups excluding tert-OH is 2. The monoisotopic (exact) mass is 624 g/mol. The first-order valence-corrected chi connectivity index (χ1v) is 16.1. The SMILES string of the molecule is CC1CC2CC(O)CC(C(=O)OCC(CCOC(=O)C3(C)CC4CC(O)CC(C4)C3)OC(=O)C(F)(F)S(=O)(=O)O)(C1)C2. The highest BCUT2D eigenvalue weighted by Crippen LogP contribution is 2.52. The second-order valence-corrected chi connectivity index (χ2v) is 15.1. The minimum atomic E-state index is -6.13. The molecule has 11 nitrogen and oxygen atoms in total. The van der Waals surface area contributed by atoms with Gasteiger partial charge in [0, 0.05) is 6.42 Å². The lowest BCUT2D eigenvalue weighted by molar-refractivity contribution is -0.181. The zero-order valence-electron chi connectivity index (χ0n) is 24.0. The molecule has 3 N–H and O–H groups in total. The van der Waals surface area contributed by atoms with Crippen LogP contribution in [0.5, 0.6) is 0 Å². The third kappa shape index (κ3) is 7.24. The van der Waals surface area contributed by atoms with Gasteiger partial charge in [-0.25, -0.2) is 4.79 Å². The Kier molecular flexibility index (Phi) is 9.62. The molecule has 0 radical (unpaired) electrons. The van der Waals surface area contributed by atoms with Gasteiger partial charge in [0.1, 0.15) is 12.7 Å². The molecule has 0 aromatic rings. The smallest absolute Gasteiger partial charge is 0.465 e. The number of hydrogen-bond donors (Lipinski definition) is 3. The molecule has 14 heteroatoms. The Bertz CT molecular complexity index is 1110. The van der Waals surface area contributed by atoms with Crippen molar-refractivity contribution in [2.24, 2.45) is 34.5 Å². The number of carbonyl (C=O) groups is 3. The van der Waals surface area contributed by atoms with E-state index in [2.05, 4.69) is 4.74 Å². The summed E-state index contributed by atoms with van der Waals surface area (Å²) in [4.78, 5) is 38.3. The van der Waals surface area contributed by atoms with E-state index in [0.717, 1.165) is 12.8 Å². The molecule has 4 saturated carbocycles. The van der Waals surface area contributed by atoms with Gasteiger partial charge in [0.2, 0.25) is 0 Å². The van der Waals surface area contributed by atoms with Gasteiger partial charge in [-0.15, -0.1) is 0 Å². The van der Waals surface area contributed by atoms with Gasteiger partial charge in [-0.3, -0.25) is 14.1 Å². The van der Waals surface area contributed by atoms with Crippen LogP contribution in [0.25, 0.3) is 0 Å². The molecule has 4 fully saturated rings. The Morgan fingerprint density at radius 1 is 0.881 bits per heavy atom. The van der Waals surface area contributed by atoms with Crippen LogP contribution in [0.3, 0.4) is 0 Å². The minimum absolute atomic E-state index is 0.121. The van der Waals surface area contributed by atoms with E-state index in [9.17, 15) is 41.8 Å². The van der Waals surface area contributed by atoms with Crippen molar-refractivity contribution in [2.75, 3.05) is 13.2 Å². The summed E-state index contributed by atoms with van der Waals surface area (Å²) in [5.41, 5.74) is -1.81. The number of alkyl halides is 2. The Morgan fingerprint density at radius 3 is 2.10 bits per heavy atom. The van der Waals surface area contributed by atoms with Crippen LogP contribution >= 0.6 is 0 Å². The van der Waals surface area contributed by atoms with E-state index in [0.29, 0.717) is 44.9 Å². The molecule has 4 aliphatic carbocycles. The highest BCUT2D eigenvalue weighted by atomic mass is 32.2. The predicted molar refractivity (Wildman–Crippen MR) is 141 cm³/mol. The Hall–Kier alpha value is -1.90. The summed E-state index contributed by atoms with van der Waals surface area (Å²) >= 11 is 0. The Morgan fingerprint density at radius 2 is 1.48 bits per heavy atom.